The number of hydrogen-bond donors (Lipinski definition) is 1. The van der Waals surface area contributed by atoms with Crippen molar-refractivity contribution in [3.05, 3.63) is 65.2 Å². The third kappa shape index (κ3) is 3.82. The summed E-state index contributed by atoms with van der Waals surface area (Å²) in [5.41, 5.74) is 1.59. The fraction of sp³-hybridized carbons (Fsp3) is 0.364. The van der Waals surface area contributed by atoms with E-state index in [1.165, 1.54) is 7.11 Å². The van der Waals surface area contributed by atoms with Crippen LogP contribution in [0.2, 0.25) is 0 Å². The average Bonchev–Trinajstić information content (AvgIpc) is 2.69. The van der Waals surface area contributed by atoms with Crippen LogP contribution in [0.1, 0.15) is 34.3 Å². The van der Waals surface area contributed by atoms with Crippen LogP contribution in [-0.2, 0) is 11.2 Å². The maximum Gasteiger partial charge on any atom is 0.311 e. The van der Waals surface area contributed by atoms with Crippen LogP contribution in [-0.4, -0.2) is 42.1 Å². The van der Waals surface area contributed by atoms with E-state index in [2.05, 4.69) is 0 Å². The molecule has 2 aromatic rings. The number of benzene rings is 2. The molecule has 0 saturated carbocycles. The Kier molecular flexibility index (Phi) is 5.49. The first-order valence-corrected chi connectivity index (χ1v) is 9.17. The number of carboxylic acids is 1. The molecule has 5 heteroatoms. The van der Waals surface area contributed by atoms with E-state index in [0.29, 0.717) is 37.1 Å². The molecule has 0 radical (unpaired) electrons. The molecule has 1 N–H and O–H groups in total. The summed E-state index contributed by atoms with van der Waals surface area (Å²) in [7, 11) is 1.53. The smallest absolute Gasteiger partial charge is 0.311 e. The molecule has 1 heterocycles. The molecule has 1 fully saturated rings. The lowest BCUT2D eigenvalue weighted by molar-refractivity contribution is -0.151. The van der Waals surface area contributed by atoms with E-state index in [0.717, 1.165) is 11.1 Å². The van der Waals surface area contributed by atoms with Gasteiger partial charge in [-0.2, -0.15) is 0 Å². The van der Waals surface area contributed by atoms with E-state index >= 15 is 0 Å². The van der Waals surface area contributed by atoms with Gasteiger partial charge in [0, 0.05) is 13.1 Å². The van der Waals surface area contributed by atoms with Crippen LogP contribution in [0.15, 0.2) is 48.5 Å². The largest absolute Gasteiger partial charge is 0.496 e. The fourth-order valence-corrected chi connectivity index (χ4v) is 3.86. The second-order valence-electron chi connectivity index (χ2n) is 7.22. The zero-order chi connectivity index (χ0) is 19.4. The minimum absolute atomic E-state index is 0.178. The predicted octanol–water partition coefficient (Wildman–Crippen LogP) is 3.55. The van der Waals surface area contributed by atoms with Crippen LogP contribution >= 0.6 is 0 Å². The molecule has 142 valence electrons. The third-order valence-corrected chi connectivity index (χ3v) is 5.45. The Hall–Kier alpha value is -2.82. The number of nitrogens with zero attached hydrogens (tertiary/aromatic N) is 1. The summed E-state index contributed by atoms with van der Waals surface area (Å²) in [6.07, 6.45) is 1.65. The molecular formula is C22H25NO4. The molecule has 5 nitrogen and oxygen atoms in total. The maximum absolute atomic E-state index is 13.1. The van der Waals surface area contributed by atoms with Gasteiger partial charge in [-0.3, -0.25) is 9.59 Å². The Labute approximate surface area is 159 Å². The summed E-state index contributed by atoms with van der Waals surface area (Å²) < 4.78 is 5.30. The van der Waals surface area contributed by atoms with Gasteiger partial charge in [0.25, 0.3) is 5.91 Å². The Balaban J connectivity index is 1.89. The van der Waals surface area contributed by atoms with Crippen LogP contribution in [0.25, 0.3) is 0 Å². The molecule has 1 aliphatic heterocycles. The number of likely N-dealkylation sites (tertiary alicyclic amines) is 1. The van der Waals surface area contributed by atoms with Gasteiger partial charge in [-0.1, -0.05) is 36.4 Å². The zero-order valence-electron chi connectivity index (χ0n) is 15.8. The molecule has 1 saturated heterocycles. The summed E-state index contributed by atoms with van der Waals surface area (Å²) in [6.45, 7) is 2.75. The second kappa shape index (κ2) is 7.82. The van der Waals surface area contributed by atoms with Crippen molar-refractivity contribution in [1.82, 2.24) is 4.90 Å². The molecule has 0 spiro atoms. The quantitative estimate of drug-likeness (QED) is 0.878. The average molecular weight is 367 g/mol. The highest BCUT2D eigenvalue weighted by Gasteiger charge is 2.44. The van der Waals surface area contributed by atoms with E-state index in [4.69, 9.17) is 4.74 Å². The van der Waals surface area contributed by atoms with Crippen molar-refractivity contribution >= 4 is 11.9 Å². The molecule has 1 amide bonds. The number of methoxy groups -OCH3 is 1. The number of amides is 1. The first-order chi connectivity index (χ1) is 13.0. The van der Waals surface area contributed by atoms with Crippen molar-refractivity contribution in [2.45, 2.75) is 26.2 Å². The van der Waals surface area contributed by atoms with Gasteiger partial charge in [-0.05, 0) is 49.4 Å². The van der Waals surface area contributed by atoms with Crippen molar-refractivity contribution in [1.29, 1.82) is 0 Å². The number of carbonyl (C=O) groups excluding carboxylic acids is 1. The lowest BCUT2D eigenvalue weighted by atomic mass is 9.74. The minimum atomic E-state index is -0.970. The second-order valence-corrected chi connectivity index (χ2v) is 7.22. The van der Waals surface area contributed by atoms with Crippen molar-refractivity contribution < 1.29 is 19.4 Å². The van der Waals surface area contributed by atoms with Gasteiger partial charge in [-0.25, -0.2) is 0 Å². The molecule has 1 unspecified atom stereocenters. The number of aliphatic carboxylic acids is 1. The number of aryl methyl sites for hydroxylation is 1. The number of carbonyl (C=O) groups is 2. The van der Waals surface area contributed by atoms with Gasteiger partial charge in [0.2, 0.25) is 0 Å². The van der Waals surface area contributed by atoms with Crippen molar-refractivity contribution in [3.8, 4) is 5.75 Å². The molecule has 0 aromatic heterocycles. The molecule has 0 bridgehead atoms. The molecule has 3 rings (SSSR count). The van der Waals surface area contributed by atoms with Crippen LogP contribution < -0.4 is 4.74 Å². The highest BCUT2D eigenvalue weighted by Crippen LogP contribution is 2.36. The molecular weight excluding hydrogens is 342 g/mol. The molecule has 0 aliphatic carbocycles. The summed E-state index contributed by atoms with van der Waals surface area (Å²) >= 11 is 0. The van der Waals surface area contributed by atoms with Gasteiger partial charge in [0.1, 0.15) is 5.75 Å². The Bertz CT molecular complexity index is 848. The fourth-order valence-electron chi connectivity index (χ4n) is 3.86. The monoisotopic (exact) mass is 367 g/mol. The molecule has 1 aliphatic rings. The topological polar surface area (TPSA) is 66.8 Å². The van der Waals surface area contributed by atoms with Gasteiger partial charge < -0.3 is 14.7 Å². The van der Waals surface area contributed by atoms with Crippen molar-refractivity contribution in [3.63, 3.8) is 0 Å². The summed E-state index contributed by atoms with van der Waals surface area (Å²) in [5, 5.41) is 10.0. The van der Waals surface area contributed by atoms with Gasteiger partial charge in [0.15, 0.2) is 0 Å². The number of piperidine rings is 1. The number of ether oxygens (including phenoxy) is 1. The van der Waals surface area contributed by atoms with Crippen LogP contribution in [0.4, 0.5) is 0 Å². The lowest BCUT2D eigenvalue weighted by Gasteiger charge is -2.40. The molecule has 27 heavy (non-hydrogen) atoms. The number of rotatable bonds is 5. The van der Waals surface area contributed by atoms with Gasteiger partial charge in [0.05, 0.1) is 18.1 Å². The number of hydrogen-bond acceptors (Lipinski definition) is 3. The highest BCUT2D eigenvalue weighted by atomic mass is 16.5. The first kappa shape index (κ1) is 19.0. The van der Waals surface area contributed by atoms with Gasteiger partial charge in [-0.15, -0.1) is 0 Å². The standard InChI is InChI=1S/C22H25NO4/c1-16-8-3-4-9-17(16)14-22(21(25)26)12-7-13-23(15-22)20(24)18-10-5-6-11-19(18)27-2/h3-6,8-11H,7,12-15H2,1-2H3,(H,25,26). The van der Waals surface area contributed by atoms with E-state index in [9.17, 15) is 14.7 Å². The Morgan fingerprint density at radius 3 is 2.56 bits per heavy atom. The maximum atomic E-state index is 13.1. The predicted molar refractivity (Wildman–Crippen MR) is 103 cm³/mol. The van der Waals surface area contributed by atoms with E-state index in [-0.39, 0.29) is 12.5 Å². The summed E-state index contributed by atoms with van der Waals surface area (Å²) in [4.78, 5) is 27.0. The van der Waals surface area contributed by atoms with Crippen molar-refractivity contribution in [2.24, 2.45) is 5.41 Å². The normalized spacial score (nSPS) is 19.6. The van der Waals surface area contributed by atoms with E-state index in [1.54, 1.807) is 23.1 Å². The van der Waals surface area contributed by atoms with E-state index in [1.807, 2.05) is 37.3 Å². The first-order valence-electron chi connectivity index (χ1n) is 9.17. The zero-order valence-corrected chi connectivity index (χ0v) is 15.8. The summed E-state index contributed by atoms with van der Waals surface area (Å²) in [6, 6.07) is 14.9. The van der Waals surface area contributed by atoms with Crippen LogP contribution in [0, 0.1) is 12.3 Å². The number of para-hydroxylation sites is 1. The van der Waals surface area contributed by atoms with Gasteiger partial charge >= 0.3 is 5.97 Å². The summed E-state index contributed by atoms with van der Waals surface area (Å²) in [5.74, 6) is -0.515. The minimum Gasteiger partial charge on any atom is -0.496 e. The third-order valence-electron chi connectivity index (χ3n) is 5.45. The SMILES string of the molecule is COc1ccccc1C(=O)N1CCCC(Cc2ccccc2C)(C(=O)O)C1. The Morgan fingerprint density at radius 2 is 1.85 bits per heavy atom. The van der Waals surface area contributed by atoms with Crippen LogP contribution in [0.3, 0.4) is 0 Å². The number of carboxylic acid groups (broad SMARTS) is 1. The lowest BCUT2D eigenvalue weighted by Crippen LogP contribution is -2.51. The van der Waals surface area contributed by atoms with Crippen LogP contribution in [0.5, 0.6) is 5.75 Å². The molecule has 2 aromatic carbocycles. The molecule has 1 atom stereocenters. The highest BCUT2D eigenvalue weighted by molar-refractivity contribution is 5.97. The Morgan fingerprint density at radius 1 is 1.15 bits per heavy atom. The van der Waals surface area contributed by atoms with Crippen molar-refractivity contribution in [2.75, 3.05) is 20.2 Å². The van der Waals surface area contributed by atoms with E-state index < -0.39 is 11.4 Å².